The number of benzene rings is 1. The molecule has 0 atom stereocenters. The lowest BCUT2D eigenvalue weighted by Crippen LogP contribution is -2.14. The molecule has 0 unspecified atom stereocenters. The summed E-state index contributed by atoms with van der Waals surface area (Å²) in [7, 11) is 1.74. The van der Waals surface area contributed by atoms with E-state index in [0.717, 1.165) is 5.69 Å². The van der Waals surface area contributed by atoms with Crippen LogP contribution in [0.25, 0.3) is 5.69 Å². The molecule has 0 saturated carbocycles. The van der Waals surface area contributed by atoms with Crippen molar-refractivity contribution in [3.8, 4) is 5.69 Å². The Hall–Kier alpha value is -2.96. The summed E-state index contributed by atoms with van der Waals surface area (Å²) in [5.74, 6) is -0.0945. The van der Waals surface area contributed by atoms with Crippen molar-refractivity contribution < 1.29 is 9.18 Å². The van der Waals surface area contributed by atoms with Gasteiger partial charge in [-0.25, -0.2) is 9.07 Å². The quantitative estimate of drug-likeness (QED) is 0.807. The predicted octanol–water partition coefficient (Wildman–Crippen LogP) is 2.31. The molecular weight excluding hydrogens is 285 g/mol. The van der Waals surface area contributed by atoms with E-state index in [-0.39, 0.29) is 11.7 Å². The Morgan fingerprint density at radius 1 is 1.27 bits per heavy atom. The van der Waals surface area contributed by atoms with Gasteiger partial charge in [0.1, 0.15) is 11.6 Å². The van der Waals surface area contributed by atoms with Crippen LogP contribution in [0.1, 0.15) is 16.1 Å². The third-order valence-corrected chi connectivity index (χ3v) is 3.11. The number of rotatable bonds is 3. The Labute approximate surface area is 126 Å². The Balaban J connectivity index is 1.91. The number of aromatic nitrogens is 4. The largest absolute Gasteiger partial charge is 0.306 e. The molecule has 0 aliphatic heterocycles. The molecule has 1 amide bonds. The third kappa shape index (κ3) is 2.73. The van der Waals surface area contributed by atoms with Crippen molar-refractivity contribution in [2.45, 2.75) is 6.92 Å². The van der Waals surface area contributed by atoms with Gasteiger partial charge >= 0.3 is 0 Å². The average molecular weight is 299 g/mol. The molecule has 0 aliphatic carbocycles. The second kappa shape index (κ2) is 5.44. The van der Waals surface area contributed by atoms with Crippen LogP contribution in [-0.2, 0) is 7.05 Å². The smallest absolute Gasteiger partial charge is 0.260 e. The van der Waals surface area contributed by atoms with E-state index in [1.54, 1.807) is 40.8 Å². The minimum atomic E-state index is -0.325. The summed E-state index contributed by atoms with van der Waals surface area (Å²) in [6.07, 6.45) is 3.11. The molecule has 22 heavy (non-hydrogen) atoms. The molecule has 7 heteroatoms. The number of hydrogen-bond acceptors (Lipinski definition) is 3. The Kier molecular flexibility index (Phi) is 3.46. The zero-order valence-electron chi connectivity index (χ0n) is 12.1. The van der Waals surface area contributed by atoms with Crippen LogP contribution in [0.2, 0.25) is 0 Å². The molecule has 3 aromatic rings. The molecule has 1 aromatic carbocycles. The second-order valence-corrected chi connectivity index (χ2v) is 4.92. The Bertz CT molecular complexity index is 819. The van der Waals surface area contributed by atoms with Gasteiger partial charge in [0.15, 0.2) is 0 Å². The van der Waals surface area contributed by atoms with Crippen LogP contribution in [0.3, 0.4) is 0 Å². The third-order valence-electron chi connectivity index (χ3n) is 3.11. The number of carbonyl (C=O) groups excluding carboxylic acids is 1. The van der Waals surface area contributed by atoms with E-state index >= 15 is 0 Å². The minimum absolute atomic E-state index is 0.281. The highest BCUT2D eigenvalue weighted by atomic mass is 19.1. The number of aryl methyl sites for hydroxylation is 2. The first-order valence-electron chi connectivity index (χ1n) is 6.65. The van der Waals surface area contributed by atoms with E-state index in [1.807, 2.05) is 6.92 Å². The monoisotopic (exact) mass is 299 g/mol. The van der Waals surface area contributed by atoms with Gasteiger partial charge in [0.25, 0.3) is 5.91 Å². The van der Waals surface area contributed by atoms with Gasteiger partial charge in [0, 0.05) is 19.3 Å². The van der Waals surface area contributed by atoms with Gasteiger partial charge in [-0.3, -0.25) is 9.48 Å². The first kappa shape index (κ1) is 14.0. The van der Waals surface area contributed by atoms with E-state index in [9.17, 15) is 9.18 Å². The highest BCUT2D eigenvalue weighted by Gasteiger charge is 2.13. The number of nitrogens with zero attached hydrogens (tertiary/aromatic N) is 4. The fourth-order valence-corrected chi connectivity index (χ4v) is 2.09. The maximum atomic E-state index is 13.0. The maximum Gasteiger partial charge on any atom is 0.260 e. The molecule has 0 bridgehead atoms. The summed E-state index contributed by atoms with van der Waals surface area (Å²) in [6, 6.07) is 7.64. The van der Waals surface area contributed by atoms with Crippen LogP contribution >= 0.6 is 0 Å². The molecule has 0 aliphatic rings. The lowest BCUT2D eigenvalue weighted by Gasteiger charge is -2.08. The molecule has 3 rings (SSSR count). The van der Waals surface area contributed by atoms with Crippen molar-refractivity contribution in [1.82, 2.24) is 19.6 Å². The molecule has 2 aromatic heterocycles. The summed E-state index contributed by atoms with van der Waals surface area (Å²) in [6.45, 7) is 1.82. The van der Waals surface area contributed by atoms with Gasteiger partial charge in [0.05, 0.1) is 23.1 Å². The molecule has 1 N–H and O–H groups in total. The zero-order valence-corrected chi connectivity index (χ0v) is 12.1. The molecule has 0 saturated heterocycles. The van der Waals surface area contributed by atoms with Crippen LogP contribution in [-0.4, -0.2) is 25.5 Å². The summed E-state index contributed by atoms with van der Waals surface area (Å²) in [4.78, 5) is 12.2. The second-order valence-electron chi connectivity index (χ2n) is 4.92. The molecule has 0 fully saturated rings. The van der Waals surface area contributed by atoms with Gasteiger partial charge in [-0.2, -0.15) is 10.2 Å². The topological polar surface area (TPSA) is 64.7 Å². The Morgan fingerprint density at radius 2 is 2.00 bits per heavy atom. The lowest BCUT2D eigenvalue weighted by atomic mass is 10.3. The predicted molar refractivity (Wildman–Crippen MR) is 79.4 cm³/mol. The highest BCUT2D eigenvalue weighted by molar-refractivity contribution is 6.03. The van der Waals surface area contributed by atoms with E-state index < -0.39 is 0 Å². The molecule has 112 valence electrons. The number of halogens is 1. The standard InChI is InChI=1S/C15H14FN5O/c1-10-7-14(18-15(22)11-8-17-20(2)9-11)21(19-10)13-5-3-12(16)4-6-13/h3-9H,1-2H3,(H,18,22). The fourth-order valence-electron chi connectivity index (χ4n) is 2.09. The van der Waals surface area contributed by atoms with Gasteiger partial charge in [-0.1, -0.05) is 0 Å². The first-order valence-corrected chi connectivity index (χ1v) is 6.65. The fraction of sp³-hybridized carbons (Fsp3) is 0.133. The van der Waals surface area contributed by atoms with Crippen molar-refractivity contribution >= 4 is 11.7 Å². The van der Waals surface area contributed by atoms with E-state index in [4.69, 9.17) is 0 Å². The summed E-state index contributed by atoms with van der Waals surface area (Å²) < 4.78 is 16.1. The number of nitrogens with one attached hydrogen (secondary N) is 1. The van der Waals surface area contributed by atoms with Gasteiger partial charge in [-0.15, -0.1) is 0 Å². The molecular formula is C15H14FN5O. The highest BCUT2D eigenvalue weighted by Crippen LogP contribution is 2.18. The van der Waals surface area contributed by atoms with Crippen LogP contribution in [0.4, 0.5) is 10.2 Å². The number of amides is 1. The van der Waals surface area contributed by atoms with E-state index in [1.165, 1.54) is 18.3 Å². The Morgan fingerprint density at radius 3 is 2.64 bits per heavy atom. The molecule has 2 heterocycles. The normalized spacial score (nSPS) is 10.7. The minimum Gasteiger partial charge on any atom is -0.306 e. The zero-order chi connectivity index (χ0) is 15.7. The van der Waals surface area contributed by atoms with Crippen molar-refractivity contribution in [2.75, 3.05) is 5.32 Å². The van der Waals surface area contributed by atoms with Crippen LogP contribution in [0, 0.1) is 12.7 Å². The van der Waals surface area contributed by atoms with E-state index in [0.29, 0.717) is 17.1 Å². The maximum absolute atomic E-state index is 13.0. The van der Waals surface area contributed by atoms with Gasteiger partial charge < -0.3 is 5.32 Å². The number of anilines is 1. The van der Waals surface area contributed by atoms with Crippen LogP contribution in [0.5, 0.6) is 0 Å². The van der Waals surface area contributed by atoms with Crippen LogP contribution in [0.15, 0.2) is 42.7 Å². The first-order chi connectivity index (χ1) is 10.5. The SMILES string of the molecule is Cc1cc(NC(=O)c2cnn(C)c2)n(-c2ccc(F)cc2)n1. The van der Waals surface area contributed by atoms with Crippen molar-refractivity contribution in [2.24, 2.45) is 7.05 Å². The molecule has 0 radical (unpaired) electrons. The summed E-state index contributed by atoms with van der Waals surface area (Å²) >= 11 is 0. The summed E-state index contributed by atoms with van der Waals surface area (Å²) in [5.41, 5.74) is 1.86. The summed E-state index contributed by atoms with van der Waals surface area (Å²) in [5, 5.41) is 11.1. The molecule has 6 nitrogen and oxygen atoms in total. The van der Waals surface area contributed by atoms with Gasteiger partial charge in [-0.05, 0) is 31.2 Å². The number of carbonyl (C=O) groups is 1. The average Bonchev–Trinajstić information content (AvgIpc) is 3.06. The van der Waals surface area contributed by atoms with E-state index in [2.05, 4.69) is 15.5 Å². The van der Waals surface area contributed by atoms with Gasteiger partial charge in [0.2, 0.25) is 0 Å². The number of hydrogen-bond donors (Lipinski definition) is 1. The van der Waals surface area contributed by atoms with Crippen molar-refractivity contribution in [1.29, 1.82) is 0 Å². The molecule has 0 spiro atoms. The van der Waals surface area contributed by atoms with Crippen molar-refractivity contribution in [3.63, 3.8) is 0 Å². The van der Waals surface area contributed by atoms with Crippen molar-refractivity contribution in [3.05, 3.63) is 59.8 Å². The van der Waals surface area contributed by atoms with Crippen LogP contribution < -0.4 is 5.32 Å². The lowest BCUT2D eigenvalue weighted by molar-refractivity contribution is 0.102.